The second-order valence-corrected chi connectivity index (χ2v) is 2.41. The number of carboxylic acids is 1. The lowest BCUT2D eigenvalue weighted by molar-refractivity contribution is 0.0698. The third-order valence-electron chi connectivity index (χ3n) is 1.54. The summed E-state index contributed by atoms with van der Waals surface area (Å²) in [6.07, 6.45) is 5.04. The first kappa shape index (κ1) is 9.14. The second-order valence-electron chi connectivity index (χ2n) is 2.41. The normalized spacial score (nSPS) is 8.85. The van der Waals surface area contributed by atoms with Gasteiger partial charge in [0.1, 0.15) is 0 Å². The van der Waals surface area contributed by atoms with Gasteiger partial charge in [-0.15, -0.1) is 6.42 Å². The Kier molecular flexibility index (Phi) is 2.93. The van der Waals surface area contributed by atoms with Gasteiger partial charge in [0.15, 0.2) is 0 Å². The lowest BCUT2D eigenvalue weighted by atomic mass is 10.2. The molecule has 0 radical (unpaired) electrons. The summed E-state index contributed by atoms with van der Waals surface area (Å²) in [6.45, 7) is 0.324. The summed E-state index contributed by atoms with van der Waals surface area (Å²) in [5, 5.41) is 11.6. The van der Waals surface area contributed by atoms with E-state index in [2.05, 4.69) is 11.2 Å². The quantitative estimate of drug-likeness (QED) is 0.683. The standard InChI is InChI=1S/C10H9NO2/c1-2-7-11-9-6-4-3-5-8(9)10(12)13/h1,3-6,11H,7H2,(H,12,13). The van der Waals surface area contributed by atoms with Gasteiger partial charge in [0.05, 0.1) is 12.1 Å². The Labute approximate surface area is 76.4 Å². The number of anilines is 1. The third kappa shape index (κ3) is 2.24. The molecule has 1 rings (SSSR count). The molecule has 0 aromatic heterocycles. The molecule has 3 nitrogen and oxygen atoms in total. The predicted molar refractivity (Wildman–Crippen MR) is 50.7 cm³/mol. The topological polar surface area (TPSA) is 49.3 Å². The van der Waals surface area contributed by atoms with Gasteiger partial charge in [0, 0.05) is 5.69 Å². The molecule has 0 atom stereocenters. The van der Waals surface area contributed by atoms with E-state index in [-0.39, 0.29) is 5.56 Å². The van der Waals surface area contributed by atoms with Gasteiger partial charge in [-0.2, -0.15) is 0 Å². The zero-order valence-corrected chi connectivity index (χ0v) is 6.95. The maximum Gasteiger partial charge on any atom is 0.337 e. The van der Waals surface area contributed by atoms with Gasteiger partial charge in [-0.25, -0.2) is 4.79 Å². The van der Waals surface area contributed by atoms with Gasteiger partial charge in [0.2, 0.25) is 0 Å². The number of benzene rings is 1. The number of carboxylic acid groups (broad SMARTS) is 1. The lowest BCUT2D eigenvalue weighted by Gasteiger charge is -2.05. The maximum absolute atomic E-state index is 10.7. The number of aromatic carboxylic acids is 1. The van der Waals surface area contributed by atoms with Crippen LogP contribution in [0.5, 0.6) is 0 Å². The Morgan fingerprint density at radius 2 is 2.23 bits per heavy atom. The summed E-state index contributed by atoms with van der Waals surface area (Å²) in [7, 11) is 0. The zero-order valence-electron chi connectivity index (χ0n) is 6.95. The van der Waals surface area contributed by atoms with E-state index in [1.807, 2.05) is 0 Å². The highest BCUT2D eigenvalue weighted by atomic mass is 16.4. The Bertz CT molecular complexity index is 352. The van der Waals surface area contributed by atoms with Crippen molar-refractivity contribution in [1.29, 1.82) is 0 Å². The molecule has 0 aliphatic heterocycles. The van der Waals surface area contributed by atoms with E-state index in [1.165, 1.54) is 6.07 Å². The van der Waals surface area contributed by atoms with Crippen LogP contribution in [-0.2, 0) is 0 Å². The molecule has 1 aromatic rings. The molecule has 3 heteroatoms. The van der Waals surface area contributed by atoms with Crippen molar-refractivity contribution in [3.63, 3.8) is 0 Å². The summed E-state index contributed by atoms with van der Waals surface area (Å²) >= 11 is 0. The molecule has 0 aliphatic carbocycles. The number of nitrogens with one attached hydrogen (secondary N) is 1. The van der Waals surface area contributed by atoms with Crippen LogP contribution in [0, 0.1) is 12.3 Å². The minimum atomic E-state index is -0.958. The Hall–Kier alpha value is -1.95. The highest BCUT2D eigenvalue weighted by Gasteiger charge is 2.06. The van der Waals surface area contributed by atoms with Crippen molar-refractivity contribution < 1.29 is 9.90 Å². The van der Waals surface area contributed by atoms with Crippen molar-refractivity contribution in [2.24, 2.45) is 0 Å². The minimum absolute atomic E-state index is 0.234. The summed E-state index contributed by atoms with van der Waals surface area (Å²) in [4.78, 5) is 10.7. The fraction of sp³-hybridized carbons (Fsp3) is 0.100. The van der Waals surface area contributed by atoms with Crippen molar-refractivity contribution in [2.45, 2.75) is 0 Å². The monoisotopic (exact) mass is 175 g/mol. The molecular weight excluding hydrogens is 166 g/mol. The van der Waals surface area contributed by atoms with Gasteiger partial charge in [-0.05, 0) is 12.1 Å². The molecule has 2 N–H and O–H groups in total. The van der Waals surface area contributed by atoms with Gasteiger partial charge < -0.3 is 10.4 Å². The fourth-order valence-corrected chi connectivity index (χ4v) is 0.970. The Morgan fingerprint density at radius 1 is 1.54 bits per heavy atom. The largest absolute Gasteiger partial charge is 0.478 e. The molecule has 0 saturated carbocycles. The molecule has 0 spiro atoms. The molecule has 66 valence electrons. The van der Waals surface area contributed by atoms with E-state index in [0.717, 1.165) is 0 Å². The van der Waals surface area contributed by atoms with Crippen LogP contribution in [-0.4, -0.2) is 17.6 Å². The predicted octanol–water partition coefficient (Wildman–Crippen LogP) is 1.43. The molecule has 0 saturated heterocycles. The number of terminal acetylenes is 1. The van der Waals surface area contributed by atoms with E-state index in [1.54, 1.807) is 18.2 Å². The first-order chi connectivity index (χ1) is 6.25. The van der Waals surface area contributed by atoms with Gasteiger partial charge in [-0.1, -0.05) is 18.1 Å². The number of hydrogen-bond acceptors (Lipinski definition) is 2. The van der Waals surface area contributed by atoms with Crippen molar-refractivity contribution >= 4 is 11.7 Å². The zero-order chi connectivity index (χ0) is 9.68. The van der Waals surface area contributed by atoms with E-state index in [0.29, 0.717) is 12.2 Å². The molecule has 0 unspecified atom stereocenters. The minimum Gasteiger partial charge on any atom is -0.478 e. The van der Waals surface area contributed by atoms with Gasteiger partial charge in [-0.3, -0.25) is 0 Å². The van der Waals surface area contributed by atoms with E-state index >= 15 is 0 Å². The van der Waals surface area contributed by atoms with Gasteiger partial charge >= 0.3 is 5.97 Å². The molecule has 0 bridgehead atoms. The molecule has 0 aliphatic rings. The van der Waals surface area contributed by atoms with Crippen LogP contribution in [0.1, 0.15) is 10.4 Å². The average molecular weight is 175 g/mol. The van der Waals surface area contributed by atoms with Crippen LogP contribution in [0.15, 0.2) is 24.3 Å². The van der Waals surface area contributed by atoms with Crippen LogP contribution in [0.2, 0.25) is 0 Å². The van der Waals surface area contributed by atoms with Crippen LogP contribution in [0.4, 0.5) is 5.69 Å². The number of para-hydroxylation sites is 1. The van der Waals surface area contributed by atoms with Crippen LogP contribution < -0.4 is 5.32 Å². The molecule has 13 heavy (non-hydrogen) atoms. The van der Waals surface area contributed by atoms with E-state index in [9.17, 15) is 4.79 Å². The fourth-order valence-electron chi connectivity index (χ4n) is 0.970. The summed E-state index contributed by atoms with van der Waals surface area (Å²) < 4.78 is 0. The molecule has 0 heterocycles. The summed E-state index contributed by atoms with van der Waals surface area (Å²) in [6, 6.07) is 6.64. The van der Waals surface area contributed by atoms with E-state index < -0.39 is 5.97 Å². The first-order valence-corrected chi connectivity index (χ1v) is 3.75. The summed E-state index contributed by atoms with van der Waals surface area (Å²) in [5.41, 5.74) is 0.783. The first-order valence-electron chi connectivity index (χ1n) is 3.75. The second kappa shape index (κ2) is 4.17. The smallest absolute Gasteiger partial charge is 0.337 e. The van der Waals surface area contributed by atoms with Crippen molar-refractivity contribution in [3.05, 3.63) is 29.8 Å². The van der Waals surface area contributed by atoms with Crippen molar-refractivity contribution in [3.8, 4) is 12.3 Å². The molecular formula is C10H9NO2. The molecule has 0 amide bonds. The highest BCUT2D eigenvalue weighted by Crippen LogP contribution is 2.13. The van der Waals surface area contributed by atoms with Crippen LogP contribution in [0.3, 0.4) is 0 Å². The molecule has 0 fully saturated rings. The van der Waals surface area contributed by atoms with Crippen molar-refractivity contribution in [2.75, 3.05) is 11.9 Å². The SMILES string of the molecule is C#CCNc1ccccc1C(=O)O. The number of carbonyl (C=O) groups is 1. The van der Waals surface area contributed by atoms with E-state index in [4.69, 9.17) is 11.5 Å². The summed E-state index contributed by atoms with van der Waals surface area (Å²) in [5.74, 6) is 1.42. The lowest BCUT2D eigenvalue weighted by Crippen LogP contribution is -2.05. The number of rotatable bonds is 3. The highest BCUT2D eigenvalue weighted by molar-refractivity contribution is 5.94. The maximum atomic E-state index is 10.7. The van der Waals surface area contributed by atoms with Gasteiger partial charge in [0.25, 0.3) is 0 Å². The third-order valence-corrected chi connectivity index (χ3v) is 1.54. The van der Waals surface area contributed by atoms with Crippen molar-refractivity contribution in [1.82, 2.24) is 0 Å². The Morgan fingerprint density at radius 3 is 2.85 bits per heavy atom. The number of hydrogen-bond donors (Lipinski definition) is 2. The Balaban J connectivity index is 2.92. The molecule has 1 aromatic carbocycles. The van der Waals surface area contributed by atoms with Crippen LogP contribution >= 0.6 is 0 Å². The average Bonchev–Trinajstić information content (AvgIpc) is 2.15. The van der Waals surface area contributed by atoms with Crippen LogP contribution in [0.25, 0.3) is 0 Å².